The van der Waals surface area contributed by atoms with Crippen molar-refractivity contribution in [3.05, 3.63) is 59.7 Å². The van der Waals surface area contributed by atoms with E-state index in [1.54, 1.807) is 7.11 Å². The van der Waals surface area contributed by atoms with Gasteiger partial charge in [0.1, 0.15) is 17.3 Å². The van der Waals surface area contributed by atoms with Gasteiger partial charge in [-0.2, -0.15) is 5.10 Å². The minimum Gasteiger partial charge on any atom is -0.496 e. The Bertz CT molecular complexity index is 943. The van der Waals surface area contributed by atoms with E-state index < -0.39 is 0 Å². The number of para-hydroxylation sites is 2. The Hall–Kier alpha value is -2.75. The fourth-order valence-electron chi connectivity index (χ4n) is 3.90. The molecule has 0 amide bonds. The maximum absolute atomic E-state index is 5.63. The highest BCUT2D eigenvalue weighted by Gasteiger charge is 2.24. The third-order valence-corrected chi connectivity index (χ3v) is 5.28. The molecule has 0 saturated heterocycles. The van der Waals surface area contributed by atoms with Crippen LogP contribution < -0.4 is 10.1 Å². The molecular formula is C23H27N3O. The molecule has 2 heterocycles. The third kappa shape index (κ3) is 3.20. The zero-order chi connectivity index (χ0) is 18.8. The van der Waals surface area contributed by atoms with Gasteiger partial charge in [0, 0.05) is 17.7 Å². The van der Waals surface area contributed by atoms with Gasteiger partial charge in [0.15, 0.2) is 0 Å². The summed E-state index contributed by atoms with van der Waals surface area (Å²) in [6, 6.07) is 16.7. The van der Waals surface area contributed by atoms with E-state index in [0.717, 1.165) is 41.5 Å². The molecule has 0 radical (unpaired) electrons. The summed E-state index contributed by atoms with van der Waals surface area (Å²) in [7, 11) is 1.72. The normalized spacial score (nSPS) is 13.8. The van der Waals surface area contributed by atoms with Crippen LogP contribution in [-0.2, 0) is 6.42 Å². The molecule has 0 spiro atoms. The van der Waals surface area contributed by atoms with Gasteiger partial charge >= 0.3 is 0 Å². The average Bonchev–Trinajstić information content (AvgIpc) is 2.88. The Balaban J connectivity index is 1.96. The summed E-state index contributed by atoms with van der Waals surface area (Å²) in [5, 5.41) is 8.75. The van der Waals surface area contributed by atoms with E-state index in [1.165, 1.54) is 24.0 Å². The van der Waals surface area contributed by atoms with Gasteiger partial charge in [-0.15, -0.1) is 0 Å². The monoisotopic (exact) mass is 361 g/mol. The quantitative estimate of drug-likeness (QED) is 0.674. The van der Waals surface area contributed by atoms with Crippen LogP contribution in [0, 0.1) is 0 Å². The predicted octanol–water partition coefficient (Wildman–Crippen LogP) is 5.42. The van der Waals surface area contributed by atoms with Gasteiger partial charge in [-0.1, -0.05) is 44.2 Å². The lowest BCUT2D eigenvalue weighted by atomic mass is 10.0. The summed E-state index contributed by atoms with van der Waals surface area (Å²) in [6.45, 7) is 5.44. The molecule has 0 fully saturated rings. The third-order valence-electron chi connectivity index (χ3n) is 5.28. The molecule has 27 heavy (non-hydrogen) atoms. The molecule has 4 rings (SSSR count). The molecule has 0 bridgehead atoms. The van der Waals surface area contributed by atoms with Crippen molar-refractivity contribution in [3.8, 4) is 22.7 Å². The average molecular weight is 361 g/mol. The highest BCUT2D eigenvalue weighted by Crippen LogP contribution is 2.38. The Labute approximate surface area is 161 Å². The molecule has 140 valence electrons. The predicted molar refractivity (Wildman–Crippen MR) is 111 cm³/mol. The van der Waals surface area contributed by atoms with Gasteiger partial charge in [-0.05, 0) is 48.9 Å². The maximum atomic E-state index is 5.63. The Morgan fingerprint density at radius 1 is 1.04 bits per heavy atom. The van der Waals surface area contributed by atoms with Crippen molar-refractivity contribution >= 4 is 5.82 Å². The van der Waals surface area contributed by atoms with Crippen LogP contribution in [0.25, 0.3) is 16.9 Å². The van der Waals surface area contributed by atoms with Crippen molar-refractivity contribution in [1.82, 2.24) is 9.78 Å². The largest absolute Gasteiger partial charge is 0.496 e. The summed E-state index contributed by atoms with van der Waals surface area (Å²) in [5.74, 6) is 2.43. The van der Waals surface area contributed by atoms with Crippen molar-refractivity contribution in [2.24, 2.45) is 0 Å². The smallest absolute Gasteiger partial charge is 0.133 e. The molecule has 1 N–H and O–H groups in total. The first-order chi connectivity index (χ1) is 13.2. The topological polar surface area (TPSA) is 39.1 Å². The Morgan fingerprint density at radius 2 is 1.81 bits per heavy atom. The summed E-state index contributed by atoms with van der Waals surface area (Å²) in [6.07, 6.45) is 3.37. The molecule has 4 heteroatoms. The van der Waals surface area contributed by atoms with Crippen molar-refractivity contribution in [3.63, 3.8) is 0 Å². The molecule has 0 aliphatic carbocycles. The number of aromatic nitrogens is 2. The first-order valence-electron chi connectivity index (χ1n) is 9.79. The molecule has 1 aliphatic rings. The molecular weight excluding hydrogens is 334 g/mol. The number of fused-ring (bicyclic) bond motifs is 1. The molecule has 1 aliphatic heterocycles. The molecule has 1 aromatic heterocycles. The van der Waals surface area contributed by atoms with Gasteiger partial charge < -0.3 is 10.1 Å². The number of hydrogen-bond donors (Lipinski definition) is 1. The minimum atomic E-state index is 0.432. The molecule has 4 nitrogen and oxygen atoms in total. The number of ether oxygens (including phenoxy) is 1. The fraction of sp³-hybridized carbons (Fsp3) is 0.348. The van der Waals surface area contributed by atoms with E-state index in [-0.39, 0.29) is 0 Å². The van der Waals surface area contributed by atoms with Crippen LogP contribution in [0.15, 0.2) is 48.5 Å². The van der Waals surface area contributed by atoms with Crippen molar-refractivity contribution < 1.29 is 4.74 Å². The van der Waals surface area contributed by atoms with Gasteiger partial charge in [0.2, 0.25) is 0 Å². The lowest BCUT2D eigenvalue weighted by Crippen LogP contribution is -2.09. The van der Waals surface area contributed by atoms with E-state index in [2.05, 4.69) is 60.2 Å². The number of anilines is 1. The lowest BCUT2D eigenvalue weighted by molar-refractivity contribution is 0.416. The van der Waals surface area contributed by atoms with Crippen molar-refractivity contribution in [1.29, 1.82) is 0 Å². The number of methoxy groups -OCH3 is 1. The van der Waals surface area contributed by atoms with Crippen LogP contribution >= 0.6 is 0 Å². The van der Waals surface area contributed by atoms with Crippen LogP contribution in [0.1, 0.15) is 43.7 Å². The maximum Gasteiger partial charge on any atom is 0.133 e. The zero-order valence-corrected chi connectivity index (χ0v) is 16.3. The second kappa shape index (κ2) is 7.47. The van der Waals surface area contributed by atoms with Crippen LogP contribution in [0.2, 0.25) is 0 Å². The van der Waals surface area contributed by atoms with E-state index in [1.807, 2.05) is 12.1 Å². The second-order valence-corrected chi connectivity index (χ2v) is 7.39. The summed E-state index contributed by atoms with van der Waals surface area (Å²) < 4.78 is 7.74. The highest BCUT2D eigenvalue weighted by molar-refractivity contribution is 5.75. The van der Waals surface area contributed by atoms with Crippen molar-refractivity contribution in [2.45, 2.75) is 39.0 Å². The summed E-state index contributed by atoms with van der Waals surface area (Å²) >= 11 is 0. The van der Waals surface area contributed by atoms with E-state index in [4.69, 9.17) is 9.84 Å². The van der Waals surface area contributed by atoms with Gasteiger partial charge in [0.25, 0.3) is 0 Å². The summed E-state index contributed by atoms with van der Waals surface area (Å²) in [4.78, 5) is 0. The summed E-state index contributed by atoms with van der Waals surface area (Å²) in [5.41, 5.74) is 5.83. The first-order valence-corrected chi connectivity index (χ1v) is 9.79. The number of nitrogens with zero attached hydrogens (tertiary/aromatic N) is 2. The molecule has 0 unspecified atom stereocenters. The van der Waals surface area contributed by atoms with E-state index >= 15 is 0 Å². The van der Waals surface area contributed by atoms with Gasteiger partial charge in [0.05, 0.1) is 12.8 Å². The lowest BCUT2D eigenvalue weighted by Gasteiger charge is -2.15. The zero-order valence-electron chi connectivity index (χ0n) is 16.3. The second-order valence-electron chi connectivity index (χ2n) is 7.39. The van der Waals surface area contributed by atoms with E-state index in [0.29, 0.717) is 5.92 Å². The van der Waals surface area contributed by atoms with Crippen LogP contribution in [0.5, 0.6) is 5.75 Å². The molecule has 2 aromatic carbocycles. The number of hydrogen-bond acceptors (Lipinski definition) is 3. The van der Waals surface area contributed by atoms with Crippen LogP contribution in [0.3, 0.4) is 0 Å². The standard InChI is InChI=1S/C23H27N3O/c1-16(2)17-10-4-6-13-20(17)26-23-19(12-8-9-15-24-23)22(25-26)18-11-5-7-14-21(18)27-3/h4-7,10-11,13-14,16,24H,8-9,12,15H2,1-3H3. The Kier molecular flexibility index (Phi) is 4.88. The molecule has 3 aromatic rings. The number of nitrogens with one attached hydrogen (secondary N) is 1. The molecule has 0 saturated carbocycles. The van der Waals surface area contributed by atoms with Crippen LogP contribution in [0.4, 0.5) is 5.82 Å². The van der Waals surface area contributed by atoms with Crippen LogP contribution in [-0.4, -0.2) is 23.4 Å². The fourth-order valence-corrected chi connectivity index (χ4v) is 3.90. The SMILES string of the molecule is COc1ccccc1-c1nn(-c2ccccc2C(C)C)c2c1CCCCN2. The molecule has 0 atom stereocenters. The minimum absolute atomic E-state index is 0.432. The highest BCUT2D eigenvalue weighted by atomic mass is 16.5. The Morgan fingerprint density at radius 3 is 2.63 bits per heavy atom. The number of benzene rings is 2. The van der Waals surface area contributed by atoms with Crippen molar-refractivity contribution in [2.75, 3.05) is 19.0 Å². The van der Waals surface area contributed by atoms with Gasteiger partial charge in [-0.25, -0.2) is 4.68 Å². The number of rotatable bonds is 4. The van der Waals surface area contributed by atoms with Gasteiger partial charge in [-0.3, -0.25) is 0 Å². The first kappa shape index (κ1) is 17.7. The van der Waals surface area contributed by atoms with E-state index in [9.17, 15) is 0 Å².